The molecule has 5 heteroatoms. The molecule has 0 aromatic carbocycles. The number of nitrogens with one attached hydrogen (secondary N) is 1. The molecular formula is C9H18N4O. The Labute approximate surface area is 84.5 Å². The predicted molar refractivity (Wildman–Crippen MR) is 55.3 cm³/mol. The minimum atomic E-state index is 0.121. The molecule has 1 atom stereocenters. The topological polar surface area (TPSA) is 54.2 Å². The van der Waals surface area contributed by atoms with Crippen molar-refractivity contribution >= 4 is 5.95 Å². The van der Waals surface area contributed by atoms with E-state index in [1.165, 1.54) is 0 Å². The average Bonchev–Trinajstić information content (AvgIpc) is 2.62. The van der Waals surface area contributed by atoms with E-state index in [0.717, 1.165) is 13.0 Å². The van der Waals surface area contributed by atoms with Gasteiger partial charge in [-0.2, -0.15) is 4.98 Å². The molecule has 1 rings (SSSR count). The molecule has 5 nitrogen and oxygen atoms in total. The maximum absolute atomic E-state index is 5.12. The number of rotatable bonds is 5. The summed E-state index contributed by atoms with van der Waals surface area (Å²) in [5.74, 6) is 1.26. The molecule has 0 bridgehead atoms. The summed E-state index contributed by atoms with van der Waals surface area (Å²) >= 11 is 0. The molecule has 1 aromatic heterocycles. The SMILES string of the molecule is CCCNC(C)c1nc(N(C)C)no1. The van der Waals surface area contributed by atoms with Crippen LogP contribution in [0, 0.1) is 0 Å². The van der Waals surface area contributed by atoms with Crippen LogP contribution in [0.5, 0.6) is 0 Å². The van der Waals surface area contributed by atoms with E-state index in [9.17, 15) is 0 Å². The Morgan fingerprint density at radius 1 is 1.50 bits per heavy atom. The van der Waals surface area contributed by atoms with Gasteiger partial charge >= 0.3 is 0 Å². The first kappa shape index (κ1) is 11.0. The van der Waals surface area contributed by atoms with Crippen molar-refractivity contribution in [3.63, 3.8) is 0 Å². The lowest BCUT2D eigenvalue weighted by Gasteiger charge is -2.07. The number of hydrogen-bond donors (Lipinski definition) is 1. The molecular weight excluding hydrogens is 180 g/mol. The van der Waals surface area contributed by atoms with E-state index in [-0.39, 0.29) is 6.04 Å². The third-order valence-electron chi connectivity index (χ3n) is 1.90. The lowest BCUT2D eigenvalue weighted by molar-refractivity contribution is 0.339. The zero-order valence-corrected chi connectivity index (χ0v) is 9.24. The Bertz CT molecular complexity index is 272. The van der Waals surface area contributed by atoms with Gasteiger partial charge in [0.25, 0.3) is 5.95 Å². The summed E-state index contributed by atoms with van der Waals surface area (Å²) < 4.78 is 5.12. The highest BCUT2D eigenvalue weighted by Crippen LogP contribution is 2.12. The highest BCUT2D eigenvalue weighted by Gasteiger charge is 2.13. The molecule has 0 spiro atoms. The van der Waals surface area contributed by atoms with Crippen LogP contribution in [0.15, 0.2) is 4.52 Å². The standard InChI is InChI=1S/C9H18N4O/c1-5-6-10-7(2)8-11-9(12-14-8)13(3)4/h7,10H,5-6H2,1-4H3. The lowest BCUT2D eigenvalue weighted by atomic mass is 10.3. The molecule has 1 heterocycles. The first-order valence-corrected chi connectivity index (χ1v) is 4.89. The molecule has 0 amide bonds. The summed E-state index contributed by atoms with van der Waals surface area (Å²) in [6.45, 7) is 5.10. The fraction of sp³-hybridized carbons (Fsp3) is 0.778. The number of aromatic nitrogens is 2. The van der Waals surface area contributed by atoms with Crippen LogP contribution in [-0.2, 0) is 0 Å². The molecule has 0 aliphatic carbocycles. The Morgan fingerprint density at radius 3 is 2.71 bits per heavy atom. The maximum atomic E-state index is 5.12. The fourth-order valence-corrected chi connectivity index (χ4v) is 1.03. The van der Waals surface area contributed by atoms with Gasteiger partial charge in [-0.25, -0.2) is 0 Å². The number of nitrogens with zero attached hydrogens (tertiary/aromatic N) is 3. The van der Waals surface area contributed by atoms with Crippen LogP contribution in [-0.4, -0.2) is 30.8 Å². The second kappa shape index (κ2) is 4.95. The van der Waals surface area contributed by atoms with Crippen molar-refractivity contribution in [1.29, 1.82) is 0 Å². The third-order valence-corrected chi connectivity index (χ3v) is 1.90. The molecule has 0 saturated heterocycles. The molecule has 1 N–H and O–H groups in total. The van der Waals surface area contributed by atoms with Gasteiger partial charge in [0.05, 0.1) is 6.04 Å². The first-order valence-electron chi connectivity index (χ1n) is 4.89. The van der Waals surface area contributed by atoms with E-state index in [1.54, 1.807) is 0 Å². The Morgan fingerprint density at radius 2 is 2.21 bits per heavy atom. The minimum Gasteiger partial charge on any atom is -0.344 e. The second-order valence-electron chi connectivity index (χ2n) is 3.50. The van der Waals surface area contributed by atoms with Crippen molar-refractivity contribution in [1.82, 2.24) is 15.5 Å². The van der Waals surface area contributed by atoms with Gasteiger partial charge in [-0.15, -0.1) is 0 Å². The summed E-state index contributed by atoms with van der Waals surface area (Å²) in [4.78, 5) is 6.07. The zero-order chi connectivity index (χ0) is 10.6. The van der Waals surface area contributed by atoms with E-state index in [2.05, 4.69) is 22.4 Å². The van der Waals surface area contributed by atoms with Crippen LogP contribution in [0.2, 0.25) is 0 Å². The van der Waals surface area contributed by atoms with Gasteiger partial charge in [-0.3, -0.25) is 0 Å². The van der Waals surface area contributed by atoms with Crippen molar-refractivity contribution < 1.29 is 4.52 Å². The quantitative estimate of drug-likeness (QED) is 0.770. The molecule has 80 valence electrons. The molecule has 0 aliphatic heterocycles. The van der Waals surface area contributed by atoms with Crippen LogP contribution in [0.1, 0.15) is 32.2 Å². The highest BCUT2D eigenvalue weighted by molar-refractivity contribution is 5.23. The van der Waals surface area contributed by atoms with E-state index >= 15 is 0 Å². The highest BCUT2D eigenvalue weighted by atomic mass is 16.5. The van der Waals surface area contributed by atoms with E-state index in [4.69, 9.17) is 4.52 Å². The van der Waals surface area contributed by atoms with E-state index < -0.39 is 0 Å². The van der Waals surface area contributed by atoms with E-state index in [0.29, 0.717) is 11.8 Å². The summed E-state index contributed by atoms with van der Waals surface area (Å²) in [6, 6.07) is 0.121. The average molecular weight is 198 g/mol. The maximum Gasteiger partial charge on any atom is 0.265 e. The van der Waals surface area contributed by atoms with Crippen LogP contribution in [0.4, 0.5) is 5.95 Å². The monoisotopic (exact) mass is 198 g/mol. The van der Waals surface area contributed by atoms with Crippen molar-refractivity contribution in [3.05, 3.63) is 5.89 Å². The first-order chi connectivity index (χ1) is 6.65. The van der Waals surface area contributed by atoms with Gasteiger partial charge in [-0.1, -0.05) is 6.92 Å². The van der Waals surface area contributed by atoms with Crippen LogP contribution in [0.3, 0.4) is 0 Å². The van der Waals surface area contributed by atoms with Crippen molar-refractivity contribution in [2.45, 2.75) is 26.3 Å². The van der Waals surface area contributed by atoms with Crippen molar-refractivity contribution in [2.75, 3.05) is 25.5 Å². The molecule has 1 unspecified atom stereocenters. The molecule has 1 aromatic rings. The predicted octanol–water partition coefficient (Wildman–Crippen LogP) is 1.20. The lowest BCUT2D eigenvalue weighted by Crippen LogP contribution is -2.19. The summed E-state index contributed by atoms with van der Waals surface area (Å²) in [5.41, 5.74) is 0. The Hall–Kier alpha value is -1.10. The van der Waals surface area contributed by atoms with Crippen molar-refractivity contribution in [3.8, 4) is 0 Å². The fourth-order valence-electron chi connectivity index (χ4n) is 1.03. The van der Waals surface area contributed by atoms with Crippen LogP contribution < -0.4 is 10.2 Å². The van der Waals surface area contributed by atoms with Gasteiger partial charge in [0.1, 0.15) is 0 Å². The largest absolute Gasteiger partial charge is 0.344 e. The molecule has 0 fully saturated rings. The molecule has 0 saturated carbocycles. The van der Waals surface area contributed by atoms with E-state index in [1.807, 2.05) is 25.9 Å². The normalized spacial score (nSPS) is 12.9. The van der Waals surface area contributed by atoms with Crippen molar-refractivity contribution in [2.24, 2.45) is 0 Å². The van der Waals surface area contributed by atoms with Crippen LogP contribution >= 0.6 is 0 Å². The molecule has 0 radical (unpaired) electrons. The smallest absolute Gasteiger partial charge is 0.265 e. The summed E-state index contributed by atoms with van der Waals surface area (Å²) in [5, 5.41) is 7.13. The van der Waals surface area contributed by atoms with Gasteiger partial charge in [0, 0.05) is 14.1 Å². The zero-order valence-electron chi connectivity index (χ0n) is 9.24. The van der Waals surface area contributed by atoms with Gasteiger partial charge in [-0.05, 0) is 25.0 Å². The van der Waals surface area contributed by atoms with Crippen LogP contribution in [0.25, 0.3) is 0 Å². The second-order valence-corrected chi connectivity index (χ2v) is 3.50. The summed E-state index contributed by atoms with van der Waals surface area (Å²) in [7, 11) is 3.78. The number of hydrogen-bond acceptors (Lipinski definition) is 5. The van der Waals surface area contributed by atoms with Gasteiger partial charge in [0.2, 0.25) is 5.89 Å². The number of anilines is 1. The third kappa shape index (κ3) is 2.70. The summed E-state index contributed by atoms with van der Waals surface area (Å²) in [6.07, 6.45) is 1.10. The molecule has 14 heavy (non-hydrogen) atoms. The van der Waals surface area contributed by atoms with Gasteiger partial charge in [0.15, 0.2) is 0 Å². The molecule has 0 aliphatic rings. The Balaban J connectivity index is 2.57. The minimum absolute atomic E-state index is 0.121. The Kier molecular flexibility index (Phi) is 3.88. The van der Waals surface area contributed by atoms with Gasteiger partial charge < -0.3 is 14.7 Å².